The molecular weight excluding hydrogens is 340 g/mol. The third-order valence-electron chi connectivity index (χ3n) is 6.25. The molecule has 4 rings (SSSR count). The molecule has 1 N–H and O–H groups in total. The van der Waals surface area contributed by atoms with E-state index in [9.17, 15) is 14.7 Å². The van der Waals surface area contributed by atoms with E-state index >= 15 is 0 Å². The van der Waals surface area contributed by atoms with Crippen molar-refractivity contribution in [3.63, 3.8) is 0 Å². The van der Waals surface area contributed by atoms with Gasteiger partial charge in [0.25, 0.3) is 0 Å². The van der Waals surface area contributed by atoms with Crippen LogP contribution in [0.15, 0.2) is 37.0 Å². The number of fused-ring (bicyclic) bond motifs is 5. The van der Waals surface area contributed by atoms with E-state index in [1.54, 1.807) is 13.0 Å². The molecule has 0 aromatic rings. The zero-order valence-electron chi connectivity index (χ0n) is 14.8. The van der Waals surface area contributed by atoms with Gasteiger partial charge in [-0.15, -0.1) is 6.58 Å². The van der Waals surface area contributed by atoms with Gasteiger partial charge in [-0.05, 0) is 6.92 Å². The average Bonchev–Trinajstić information content (AvgIpc) is 3.32. The lowest BCUT2D eigenvalue weighted by Crippen LogP contribution is -2.71. The number of carbonyl (C=O) groups excluding carboxylic acids is 2. The number of rotatable bonds is 3. The van der Waals surface area contributed by atoms with Crippen LogP contribution in [-0.2, 0) is 28.5 Å². The highest BCUT2D eigenvalue weighted by Crippen LogP contribution is 2.63. The van der Waals surface area contributed by atoms with Gasteiger partial charge in [0.1, 0.15) is 23.9 Å². The predicted molar refractivity (Wildman–Crippen MR) is 88.6 cm³/mol. The van der Waals surface area contributed by atoms with E-state index in [1.165, 1.54) is 0 Å². The first-order valence-electron chi connectivity index (χ1n) is 8.54. The highest BCUT2D eigenvalue weighted by Gasteiger charge is 2.77. The van der Waals surface area contributed by atoms with Crippen LogP contribution >= 0.6 is 0 Å². The van der Waals surface area contributed by atoms with E-state index in [0.717, 1.165) is 0 Å². The van der Waals surface area contributed by atoms with Crippen molar-refractivity contribution in [2.45, 2.75) is 44.1 Å². The van der Waals surface area contributed by atoms with Crippen molar-refractivity contribution in [3.8, 4) is 0 Å². The van der Waals surface area contributed by atoms with E-state index in [1.807, 2.05) is 6.92 Å². The van der Waals surface area contributed by atoms with Gasteiger partial charge in [0, 0.05) is 22.5 Å². The summed E-state index contributed by atoms with van der Waals surface area (Å²) in [6.07, 6.45) is -1.69. The standard InChI is InChI=1S/C19H22O7/c1-6-18(5)13-11(24-15(20)8(2)3)10-9(4)16(21)25-12(10)14(18)26-17(22)19(13)7-23-19/h6,10-14,17,22H,1-2,4,7H2,3,5H3/t10-,11-,12-,13-,14+,17+,18+,19-/m0/s1. The number of hydrogen-bond donors (Lipinski definition) is 1. The van der Waals surface area contributed by atoms with Crippen LogP contribution in [0, 0.1) is 17.3 Å². The number of esters is 2. The fourth-order valence-electron chi connectivity index (χ4n) is 4.78. The van der Waals surface area contributed by atoms with Gasteiger partial charge in [0.2, 0.25) is 0 Å². The number of hydrogen-bond acceptors (Lipinski definition) is 7. The number of ether oxygens (including phenoxy) is 4. The van der Waals surface area contributed by atoms with Crippen LogP contribution in [0.4, 0.5) is 0 Å². The van der Waals surface area contributed by atoms with Crippen molar-refractivity contribution in [1.82, 2.24) is 0 Å². The van der Waals surface area contributed by atoms with Gasteiger partial charge in [-0.25, -0.2) is 9.59 Å². The third-order valence-corrected chi connectivity index (χ3v) is 6.25. The minimum atomic E-state index is -1.22. The maximum absolute atomic E-state index is 12.3. The van der Waals surface area contributed by atoms with Crippen LogP contribution in [-0.4, -0.2) is 53.9 Å². The third kappa shape index (κ3) is 1.99. The SMILES string of the molecule is C=C[C@@]1(C)[C@@H]2O[C@@H](O)[C@]3(CO3)[C@H]1[C@@H](OC(=O)C(=C)C)[C@@H]1C(=C)C(=O)O[C@@H]12. The first-order chi connectivity index (χ1) is 12.2. The van der Waals surface area contributed by atoms with E-state index < -0.39 is 59.4 Å². The topological polar surface area (TPSA) is 94.6 Å². The number of aliphatic hydroxyl groups excluding tert-OH is 1. The molecule has 1 aliphatic carbocycles. The van der Waals surface area contributed by atoms with Crippen LogP contribution in [0.2, 0.25) is 0 Å². The molecule has 7 nitrogen and oxygen atoms in total. The molecule has 26 heavy (non-hydrogen) atoms. The second kappa shape index (κ2) is 5.28. The van der Waals surface area contributed by atoms with Gasteiger partial charge >= 0.3 is 11.9 Å². The second-order valence-electron chi connectivity index (χ2n) is 7.77. The summed E-state index contributed by atoms with van der Waals surface area (Å²) in [5, 5.41) is 10.5. The Kier molecular flexibility index (Phi) is 3.54. The lowest BCUT2D eigenvalue weighted by Gasteiger charge is -2.58. The molecule has 0 unspecified atom stereocenters. The van der Waals surface area contributed by atoms with Crippen molar-refractivity contribution >= 4 is 11.9 Å². The Morgan fingerprint density at radius 1 is 1.46 bits per heavy atom. The Balaban J connectivity index is 1.86. The average molecular weight is 362 g/mol. The maximum Gasteiger partial charge on any atom is 0.334 e. The number of aliphatic hydroxyl groups is 1. The molecule has 1 spiro atoms. The zero-order chi connectivity index (χ0) is 19.0. The highest BCUT2D eigenvalue weighted by atomic mass is 16.7. The summed E-state index contributed by atoms with van der Waals surface area (Å²) >= 11 is 0. The minimum Gasteiger partial charge on any atom is -0.458 e. The summed E-state index contributed by atoms with van der Waals surface area (Å²) in [6.45, 7) is 15.1. The summed E-state index contributed by atoms with van der Waals surface area (Å²) < 4.78 is 22.7. The molecule has 140 valence electrons. The molecule has 7 heteroatoms. The second-order valence-corrected chi connectivity index (χ2v) is 7.77. The van der Waals surface area contributed by atoms with E-state index in [4.69, 9.17) is 18.9 Å². The fraction of sp³-hybridized carbons (Fsp3) is 0.579. The fourth-order valence-corrected chi connectivity index (χ4v) is 4.78. The Morgan fingerprint density at radius 3 is 2.65 bits per heavy atom. The summed E-state index contributed by atoms with van der Waals surface area (Å²) in [5.41, 5.74) is -1.30. The van der Waals surface area contributed by atoms with Gasteiger partial charge in [0.05, 0.1) is 12.5 Å². The number of carbonyl (C=O) groups is 2. The number of epoxide rings is 1. The van der Waals surface area contributed by atoms with Crippen molar-refractivity contribution in [3.05, 3.63) is 37.0 Å². The highest BCUT2D eigenvalue weighted by molar-refractivity contribution is 5.92. The quantitative estimate of drug-likeness (QED) is 0.345. The molecule has 0 aromatic carbocycles. The molecule has 3 saturated heterocycles. The predicted octanol–water partition coefficient (Wildman–Crippen LogP) is 0.880. The van der Waals surface area contributed by atoms with Gasteiger partial charge in [0.15, 0.2) is 6.29 Å². The smallest absolute Gasteiger partial charge is 0.334 e. The molecule has 0 amide bonds. The lowest BCUT2D eigenvalue weighted by molar-refractivity contribution is -0.314. The molecule has 4 fully saturated rings. The summed E-state index contributed by atoms with van der Waals surface area (Å²) in [5.74, 6) is -2.19. The first-order valence-corrected chi connectivity index (χ1v) is 8.54. The van der Waals surface area contributed by atoms with E-state index in [2.05, 4.69) is 19.7 Å². The summed E-state index contributed by atoms with van der Waals surface area (Å²) in [4.78, 5) is 24.5. The molecule has 8 atom stereocenters. The van der Waals surface area contributed by atoms with Crippen LogP contribution in [0.3, 0.4) is 0 Å². The Morgan fingerprint density at radius 2 is 2.12 bits per heavy atom. The lowest BCUT2D eigenvalue weighted by atomic mass is 9.54. The van der Waals surface area contributed by atoms with Crippen LogP contribution in [0.1, 0.15) is 13.8 Å². The normalized spacial score (nSPS) is 48.6. The monoisotopic (exact) mass is 362 g/mol. The zero-order valence-corrected chi connectivity index (χ0v) is 14.8. The molecular formula is C19H22O7. The van der Waals surface area contributed by atoms with Crippen molar-refractivity contribution in [2.24, 2.45) is 17.3 Å². The molecule has 0 aromatic heterocycles. The summed E-state index contributed by atoms with van der Waals surface area (Å²) in [7, 11) is 0. The maximum atomic E-state index is 12.3. The van der Waals surface area contributed by atoms with Crippen LogP contribution < -0.4 is 0 Å². The molecule has 0 radical (unpaired) electrons. The van der Waals surface area contributed by atoms with Crippen molar-refractivity contribution < 1.29 is 33.6 Å². The summed E-state index contributed by atoms with van der Waals surface area (Å²) in [6, 6.07) is 0. The Hall–Kier alpha value is -1.96. The molecule has 3 heterocycles. The first kappa shape index (κ1) is 17.5. The molecule has 2 bridgehead atoms. The van der Waals surface area contributed by atoms with Gasteiger partial charge < -0.3 is 24.1 Å². The van der Waals surface area contributed by atoms with Crippen LogP contribution in [0.25, 0.3) is 0 Å². The van der Waals surface area contributed by atoms with Crippen molar-refractivity contribution in [2.75, 3.05) is 6.61 Å². The van der Waals surface area contributed by atoms with Crippen molar-refractivity contribution in [1.29, 1.82) is 0 Å². The minimum absolute atomic E-state index is 0.228. The van der Waals surface area contributed by atoms with E-state index in [0.29, 0.717) is 0 Å². The Labute approximate surface area is 151 Å². The molecule has 4 aliphatic rings. The van der Waals surface area contributed by atoms with E-state index in [-0.39, 0.29) is 17.8 Å². The van der Waals surface area contributed by atoms with Gasteiger partial charge in [-0.1, -0.05) is 26.2 Å². The van der Waals surface area contributed by atoms with Crippen LogP contribution in [0.5, 0.6) is 0 Å². The van der Waals surface area contributed by atoms with Gasteiger partial charge in [-0.2, -0.15) is 0 Å². The molecule has 3 aliphatic heterocycles. The largest absolute Gasteiger partial charge is 0.458 e. The Bertz CT molecular complexity index is 736. The molecule has 1 saturated carbocycles. The van der Waals surface area contributed by atoms with Gasteiger partial charge in [-0.3, -0.25) is 0 Å².